The van der Waals surface area contributed by atoms with Gasteiger partial charge in [-0.1, -0.05) is 0 Å². The maximum absolute atomic E-state index is 10.4. The molecule has 0 aliphatic rings. The van der Waals surface area contributed by atoms with Crippen LogP contribution < -0.4 is 29.6 Å². The summed E-state index contributed by atoms with van der Waals surface area (Å²) in [6.45, 7) is 0. The zero-order valence-electron chi connectivity index (χ0n) is 3.13. The normalized spacial score (nSPS) is 9.83. The summed E-state index contributed by atoms with van der Waals surface area (Å²) >= 11 is 0. The molecule has 0 saturated carbocycles. The van der Waals surface area contributed by atoms with Crippen molar-refractivity contribution in [3.63, 3.8) is 0 Å². The van der Waals surface area contributed by atoms with Gasteiger partial charge in [0, 0.05) is 0 Å². The van der Waals surface area contributed by atoms with Gasteiger partial charge < -0.3 is 0 Å². The topological polar surface area (TPSA) is 57.5 Å². The SMILES string of the molecule is O=P(O)(O)F.[Na+]. The Morgan fingerprint density at radius 2 is 1.50 bits per heavy atom. The van der Waals surface area contributed by atoms with Gasteiger partial charge in [0.25, 0.3) is 0 Å². The first-order chi connectivity index (χ1) is 2.00. The zero-order chi connectivity index (χ0) is 4.50. The molecule has 0 heterocycles. The van der Waals surface area contributed by atoms with Crippen LogP contribution in [0.1, 0.15) is 0 Å². The molecule has 0 aromatic rings. The van der Waals surface area contributed by atoms with Crippen LogP contribution in [-0.2, 0) is 4.57 Å². The third-order valence-electron chi connectivity index (χ3n) is 0. The largest absolute Gasteiger partial charge is 1.00 e. The number of hydrogen-bond acceptors (Lipinski definition) is 1. The van der Waals surface area contributed by atoms with Gasteiger partial charge in [-0.05, 0) is 0 Å². The van der Waals surface area contributed by atoms with Gasteiger partial charge in [0.1, 0.15) is 0 Å². The summed E-state index contributed by atoms with van der Waals surface area (Å²) < 4.78 is 19.0. The van der Waals surface area contributed by atoms with Crippen molar-refractivity contribution < 1.29 is 48.1 Å². The standard InChI is InChI=1S/FH2O3P.Na/c1-5(2,3)4;/h(H2,2,3,4);/q;+1. The van der Waals surface area contributed by atoms with Crippen molar-refractivity contribution >= 4 is 7.91 Å². The van der Waals surface area contributed by atoms with Crippen molar-refractivity contribution in [2.75, 3.05) is 0 Å². The number of rotatable bonds is 0. The van der Waals surface area contributed by atoms with Crippen molar-refractivity contribution in [3.8, 4) is 0 Å². The van der Waals surface area contributed by atoms with Crippen LogP contribution in [-0.4, -0.2) is 9.79 Å². The molecule has 0 bridgehead atoms. The van der Waals surface area contributed by atoms with Gasteiger partial charge in [-0.15, -0.1) is 4.20 Å². The Morgan fingerprint density at radius 1 is 1.50 bits per heavy atom. The van der Waals surface area contributed by atoms with Crippen molar-refractivity contribution in [1.82, 2.24) is 0 Å². The molecular formula is H2FNaO3P+. The molecule has 2 N–H and O–H groups in total. The summed E-state index contributed by atoms with van der Waals surface area (Å²) in [6.07, 6.45) is 0. The molecule has 0 aliphatic carbocycles. The summed E-state index contributed by atoms with van der Waals surface area (Å²) in [5, 5.41) is 0. The van der Waals surface area contributed by atoms with Crippen LogP contribution in [0.3, 0.4) is 0 Å². The monoisotopic (exact) mass is 123 g/mol. The van der Waals surface area contributed by atoms with Gasteiger partial charge >= 0.3 is 37.5 Å². The van der Waals surface area contributed by atoms with Crippen molar-refractivity contribution in [2.24, 2.45) is 0 Å². The van der Waals surface area contributed by atoms with E-state index in [1.807, 2.05) is 0 Å². The molecule has 32 valence electrons. The zero-order valence-corrected chi connectivity index (χ0v) is 6.02. The minimum Gasteiger partial charge on any atom is -0.299 e. The van der Waals surface area contributed by atoms with Gasteiger partial charge in [-0.2, -0.15) is 0 Å². The van der Waals surface area contributed by atoms with Crippen LogP contribution in [0.25, 0.3) is 0 Å². The van der Waals surface area contributed by atoms with E-state index < -0.39 is 7.91 Å². The van der Waals surface area contributed by atoms with E-state index in [0.717, 1.165) is 0 Å². The molecule has 3 nitrogen and oxygen atoms in total. The van der Waals surface area contributed by atoms with Gasteiger partial charge in [0.15, 0.2) is 0 Å². The first-order valence-electron chi connectivity index (χ1n) is 0.752. The number of halogens is 1. The second kappa shape index (κ2) is 3.13. The van der Waals surface area contributed by atoms with Crippen LogP contribution in [0.5, 0.6) is 0 Å². The molecule has 0 spiro atoms. The third-order valence-corrected chi connectivity index (χ3v) is 0. The molecule has 0 unspecified atom stereocenters. The van der Waals surface area contributed by atoms with Crippen molar-refractivity contribution in [1.29, 1.82) is 0 Å². The molecule has 0 aliphatic heterocycles. The van der Waals surface area contributed by atoms with E-state index in [-0.39, 0.29) is 29.6 Å². The molecular weight excluding hydrogens is 121 g/mol. The average Bonchev–Trinajstić information content (AvgIpc) is 0.722. The Balaban J connectivity index is 0. The summed E-state index contributed by atoms with van der Waals surface area (Å²) in [5.74, 6) is 0. The molecule has 0 fully saturated rings. The quantitative estimate of drug-likeness (QED) is 0.267. The molecule has 6 heteroatoms. The van der Waals surface area contributed by atoms with Crippen LogP contribution in [0.4, 0.5) is 4.20 Å². The van der Waals surface area contributed by atoms with Crippen LogP contribution in [0, 0.1) is 0 Å². The fraction of sp³-hybridized carbons (Fsp3) is 0. The molecule has 0 aromatic carbocycles. The average molecular weight is 123 g/mol. The Hall–Kier alpha value is 1.08. The summed E-state index contributed by atoms with van der Waals surface area (Å²) in [5.41, 5.74) is 0. The van der Waals surface area contributed by atoms with Crippen LogP contribution in [0.15, 0.2) is 0 Å². The molecule has 0 rings (SSSR count). The third kappa shape index (κ3) is 72.5. The molecule has 0 saturated heterocycles. The second-order valence-corrected chi connectivity index (χ2v) is 1.42. The van der Waals surface area contributed by atoms with Crippen molar-refractivity contribution in [2.45, 2.75) is 0 Å². The first kappa shape index (κ1) is 10.1. The van der Waals surface area contributed by atoms with E-state index in [4.69, 9.17) is 14.4 Å². The maximum atomic E-state index is 10.4. The van der Waals surface area contributed by atoms with Gasteiger partial charge in [-0.3, -0.25) is 9.79 Å². The Kier molecular flexibility index (Phi) is 5.29. The second-order valence-electron chi connectivity index (χ2n) is 0.473. The minimum atomic E-state index is -5.14. The van der Waals surface area contributed by atoms with Crippen molar-refractivity contribution in [3.05, 3.63) is 0 Å². The van der Waals surface area contributed by atoms with E-state index >= 15 is 0 Å². The fourth-order valence-corrected chi connectivity index (χ4v) is 0. The smallest absolute Gasteiger partial charge is 0.299 e. The van der Waals surface area contributed by atoms with Crippen LogP contribution in [0.2, 0.25) is 0 Å². The van der Waals surface area contributed by atoms with Gasteiger partial charge in [0.05, 0.1) is 0 Å². The maximum Gasteiger partial charge on any atom is 1.00 e. The molecule has 0 atom stereocenters. The Bertz CT molecular complexity index is 56.9. The molecule has 0 radical (unpaired) electrons. The predicted octanol–water partition coefficient (Wildman–Crippen LogP) is -2.95. The molecule has 0 amide bonds. The molecule has 0 aromatic heterocycles. The van der Waals surface area contributed by atoms with Gasteiger partial charge in [-0.25, -0.2) is 4.57 Å². The Morgan fingerprint density at radius 3 is 1.50 bits per heavy atom. The minimum absolute atomic E-state index is 0. The predicted molar refractivity (Wildman–Crippen MR) is 13.2 cm³/mol. The van der Waals surface area contributed by atoms with E-state index in [0.29, 0.717) is 0 Å². The number of hydrogen-bond donors (Lipinski definition) is 2. The van der Waals surface area contributed by atoms with E-state index in [1.54, 1.807) is 0 Å². The summed E-state index contributed by atoms with van der Waals surface area (Å²) in [7, 11) is -5.14. The van der Waals surface area contributed by atoms with E-state index in [9.17, 15) is 4.20 Å². The summed E-state index contributed by atoms with van der Waals surface area (Å²) in [4.78, 5) is 13.9. The van der Waals surface area contributed by atoms with Crippen LogP contribution >= 0.6 is 7.91 Å². The molecule has 6 heavy (non-hydrogen) atoms. The first-order valence-corrected chi connectivity index (χ1v) is 2.25. The Labute approximate surface area is 56.1 Å². The van der Waals surface area contributed by atoms with E-state index in [1.165, 1.54) is 0 Å². The van der Waals surface area contributed by atoms with E-state index in [2.05, 4.69) is 0 Å². The van der Waals surface area contributed by atoms with Gasteiger partial charge in [0.2, 0.25) is 0 Å². The fourth-order valence-electron chi connectivity index (χ4n) is 0. The summed E-state index contributed by atoms with van der Waals surface area (Å²) in [6, 6.07) is 0.